The van der Waals surface area contributed by atoms with Gasteiger partial charge < -0.3 is 10.1 Å². The Labute approximate surface area is 92.0 Å². The Morgan fingerprint density at radius 3 is 2.80 bits per heavy atom. The Morgan fingerprint density at radius 1 is 1.33 bits per heavy atom. The third-order valence-electron chi connectivity index (χ3n) is 2.31. The van der Waals surface area contributed by atoms with Crippen LogP contribution in [-0.4, -0.2) is 19.7 Å². The topological polar surface area (TPSA) is 21.3 Å². The maximum atomic E-state index is 5.59. The Morgan fingerprint density at radius 2 is 2.13 bits per heavy atom. The molecule has 1 N–H and O–H groups in total. The molecular formula is C13H19NO. The highest BCUT2D eigenvalue weighted by molar-refractivity contribution is 5.33. The second-order valence-electron chi connectivity index (χ2n) is 3.59. The second kappa shape index (κ2) is 6.25. The molecule has 0 amide bonds. The van der Waals surface area contributed by atoms with Crippen molar-refractivity contribution in [2.75, 3.05) is 19.7 Å². The fourth-order valence-corrected chi connectivity index (χ4v) is 1.25. The van der Waals surface area contributed by atoms with Gasteiger partial charge in [-0.05, 0) is 37.1 Å². The van der Waals surface area contributed by atoms with E-state index in [0.29, 0.717) is 6.61 Å². The molecular weight excluding hydrogens is 186 g/mol. The Hall–Kier alpha value is -1.28. The first kappa shape index (κ1) is 11.8. The van der Waals surface area contributed by atoms with Gasteiger partial charge in [-0.2, -0.15) is 0 Å². The van der Waals surface area contributed by atoms with Gasteiger partial charge in [0.25, 0.3) is 0 Å². The largest absolute Gasteiger partial charge is 0.492 e. The fourth-order valence-electron chi connectivity index (χ4n) is 1.25. The molecule has 0 aliphatic rings. The van der Waals surface area contributed by atoms with Crippen LogP contribution in [0.2, 0.25) is 0 Å². The van der Waals surface area contributed by atoms with E-state index in [-0.39, 0.29) is 0 Å². The van der Waals surface area contributed by atoms with E-state index in [0.717, 1.165) is 18.8 Å². The van der Waals surface area contributed by atoms with Crippen LogP contribution < -0.4 is 10.1 Å². The first-order valence-electron chi connectivity index (χ1n) is 5.25. The molecule has 0 fully saturated rings. The molecule has 1 aromatic rings. The van der Waals surface area contributed by atoms with Gasteiger partial charge in [-0.1, -0.05) is 12.1 Å². The highest BCUT2D eigenvalue weighted by Gasteiger charge is 1.96. The number of nitrogens with one attached hydrogen (secondary N) is 1. The summed E-state index contributed by atoms with van der Waals surface area (Å²) in [5, 5.41) is 3.19. The molecule has 0 aromatic heterocycles. The van der Waals surface area contributed by atoms with E-state index in [2.05, 4.69) is 37.9 Å². The summed E-state index contributed by atoms with van der Waals surface area (Å²) in [6.07, 6.45) is 1.84. The molecule has 0 spiro atoms. The molecule has 0 saturated heterocycles. The lowest BCUT2D eigenvalue weighted by Gasteiger charge is -2.08. The minimum atomic E-state index is 0.691. The zero-order valence-corrected chi connectivity index (χ0v) is 9.55. The van der Waals surface area contributed by atoms with E-state index < -0.39 is 0 Å². The van der Waals surface area contributed by atoms with Gasteiger partial charge in [0.2, 0.25) is 0 Å². The van der Waals surface area contributed by atoms with Crippen LogP contribution in [0.25, 0.3) is 0 Å². The van der Waals surface area contributed by atoms with Crippen LogP contribution in [0.3, 0.4) is 0 Å². The van der Waals surface area contributed by atoms with Gasteiger partial charge in [-0.15, -0.1) is 6.58 Å². The highest BCUT2D eigenvalue weighted by Crippen LogP contribution is 2.15. The van der Waals surface area contributed by atoms with Gasteiger partial charge in [-0.3, -0.25) is 0 Å². The van der Waals surface area contributed by atoms with E-state index in [1.807, 2.05) is 12.1 Å². The van der Waals surface area contributed by atoms with Gasteiger partial charge in [0.1, 0.15) is 12.4 Å². The summed E-state index contributed by atoms with van der Waals surface area (Å²) in [6, 6.07) is 6.17. The fraction of sp³-hybridized carbons (Fsp3) is 0.385. The summed E-state index contributed by atoms with van der Waals surface area (Å²) >= 11 is 0. The summed E-state index contributed by atoms with van der Waals surface area (Å²) in [5.74, 6) is 0.943. The minimum absolute atomic E-state index is 0.691. The maximum absolute atomic E-state index is 5.59. The second-order valence-corrected chi connectivity index (χ2v) is 3.59. The van der Waals surface area contributed by atoms with Crippen molar-refractivity contribution >= 4 is 0 Å². The predicted molar refractivity (Wildman–Crippen MR) is 64.5 cm³/mol. The van der Waals surface area contributed by atoms with E-state index in [1.54, 1.807) is 0 Å². The average Bonchev–Trinajstić information content (AvgIpc) is 2.23. The smallest absolute Gasteiger partial charge is 0.119 e. The molecule has 0 aliphatic heterocycles. The number of hydrogen-bond acceptors (Lipinski definition) is 2. The Balaban J connectivity index is 2.31. The van der Waals surface area contributed by atoms with Crippen LogP contribution in [-0.2, 0) is 0 Å². The molecule has 1 rings (SSSR count). The lowest BCUT2D eigenvalue weighted by Crippen LogP contribution is -2.20. The average molecular weight is 205 g/mol. The first-order chi connectivity index (χ1) is 7.24. The molecule has 0 saturated carbocycles. The van der Waals surface area contributed by atoms with E-state index in [4.69, 9.17) is 4.74 Å². The number of benzene rings is 1. The SMILES string of the molecule is C=CCNCCOc1ccc(C)c(C)c1. The molecule has 82 valence electrons. The number of aryl methyl sites for hydroxylation is 2. The van der Waals surface area contributed by atoms with Crippen molar-refractivity contribution in [2.24, 2.45) is 0 Å². The molecule has 0 radical (unpaired) electrons. The Bertz CT molecular complexity index is 320. The van der Waals surface area contributed by atoms with Gasteiger partial charge in [0.05, 0.1) is 0 Å². The van der Waals surface area contributed by atoms with E-state index in [1.165, 1.54) is 11.1 Å². The van der Waals surface area contributed by atoms with Gasteiger partial charge >= 0.3 is 0 Å². The predicted octanol–water partition coefficient (Wildman–Crippen LogP) is 2.46. The summed E-state index contributed by atoms with van der Waals surface area (Å²) in [5.41, 5.74) is 2.57. The van der Waals surface area contributed by atoms with Crippen LogP contribution >= 0.6 is 0 Å². The summed E-state index contributed by atoms with van der Waals surface area (Å²) in [6.45, 7) is 10.2. The monoisotopic (exact) mass is 205 g/mol. The van der Waals surface area contributed by atoms with Crippen LogP contribution in [0.1, 0.15) is 11.1 Å². The molecule has 2 heteroatoms. The molecule has 0 heterocycles. The van der Waals surface area contributed by atoms with Crippen LogP contribution in [0, 0.1) is 13.8 Å². The normalized spacial score (nSPS) is 10.0. The van der Waals surface area contributed by atoms with Gasteiger partial charge in [0.15, 0.2) is 0 Å². The summed E-state index contributed by atoms with van der Waals surface area (Å²) in [7, 11) is 0. The third-order valence-corrected chi connectivity index (χ3v) is 2.31. The molecule has 1 aromatic carbocycles. The summed E-state index contributed by atoms with van der Waals surface area (Å²) < 4.78 is 5.59. The third kappa shape index (κ3) is 4.17. The molecule has 0 aliphatic carbocycles. The molecule has 0 atom stereocenters. The van der Waals surface area contributed by atoms with Gasteiger partial charge in [-0.25, -0.2) is 0 Å². The Kier molecular flexibility index (Phi) is 4.91. The zero-order valence-electron chi connectivity index (χ0n) is 9.55. The van der Waals surface area contributed by atoms with Crippen molar-refractivity contribution in [3.8, 4) is 5.75 Å². The zero-order chi connectivity index (χ0) is 11.1. The van der Waals surface area contributed by atoms with Gasteiger partial charge in [0, 0.05) is 13.1 Å². The molecule has 0 unspecified atom stereocenters. The van der Waals surface area contributed by atoms with Crippen molar-refractivity contribution in [3.05, 3.63) is 42.0 Å². The van der Waals surface area contributed by atoms with E-state index >= 15 is 0 Å². The van der Waals surface area contributed by atoms with Crippen molar-refractivity contribution in [1.29, 1.82) is 0 Å². The molecule has 15 heavy (non-hydrogen) atoms. The number of rotatable bonds is 6. The molecule has 0 bridgehead atoms. The quantitative estimate of drug-likeness (QED) is 0.569. The van der Waals surface area contributed by atoms with E-state index in [9.17, 15) is 0 Å². The lowest BCUT2D eigenvalue weighted by molar-refractivity contribution is 0.316. The maximum Gasteiger partial charge on any atom is 0.119 e. The van der Waals surface area contributed by atoms with Crippen molar-refractivity contribution < 1.29 is 4.74 Å². The number of hydrogen-bond donors (Lipinski definition) is 1. The molecule has 2 nitrogen and oxygen atoms in total. The standard InChI is InChI=1S/C13H19NO/c1-4-7-14-8-9-15-13-6-5-11(2)12(3)10-13/h4-6,10,14H,1,7-9H2,2-3H3. The summed E-state index contributed by atoms with van der Waals surface area (Å²) in [4.78, 5) is 0. The van der Waals surface area contributed by atoms with Crippen LogP contribution in [0.5, 0.6) is 5.75 Å². The van der Waals surface area contributed by atoms with Crippen LogP contribution in [0.4, 0.5) is 0 Å². The van der Waals surface area contributed by atoms with Crippen molar-refractivity contribution in [1.82, 2.24) is 5.32 Å². The van der Waals surface area contributed by atoms with Crippen molar-refractivity contribution in [2.45, 2.75) is 13.8 Å². The first-order valence-corrected chi connectivity index (χ1v) is 5.25. The van der Waals surface area contributed by atoms with Crippen molar-refractivity contribution in [3.63, 3.8) is 0 Å². The number of ether oxygens (including phenoxy) is 1. The lowest BCUT2D eigenvalue weighted by atomic mass is 10.1. The highest BCUT2D eigenvalue weighted by atomic mass is 16.5. The minimum Gasteiger partial charge on any atom is -0.492 e. The van der Waals surface area contributed by atoms with Crippen LogP contribution in [0.15, 0.2) is 30.9 Å².